The maximum absolute atomic E-state index is 4.41. The Balaban J connectivity index is 2.27. The van der Waals surface area contributed by atoms with Gasteiger partial charge in [0.15, 0.2) is 0 Å². The van der Waals surface area contributed by atoms with Crippen LogP contribution >= 0.6 is 0 Å². The first-order valence-corrected chi connectivity index (χ1v) is 5.76. The number of fused-ring (bicyclic) bond motifs is 1. The molecule has 0 aliphatic rings. The van der Waals surface area contributed by atoms with Gasteiger partial charge in [-0.25, -0.2) is 0 Å². The summed E-state index contributed by atoms with van der Waals surface area (Å²) in [6.07, 6.45) is 2.11. The van der Waals surface area contributed by atoms with Gasteiger partial charge in [-0.1, -0.05) is 18.2 Å². The van der Waals surface area contributed by atoms with Crippen LogP contribution in [-0.4, -0.2) is 9.55 Å². The monoisotopic (exact) mass is 222 g/mol. The van der Waals surface area contributed by atoms with E-state index < -0.39 is 0 Å². The van der Waals surface area contributed by atoms with Gasteiger partial charge in [0.1, 0.15) is 0 Å². The van der Waals surface area contributed by atoms with Gasteiger partial charge in [0.05, 0.1) is 5.52 Å². The van der Waals surface area contributed by atoms with Crippen LogP contribution in [0.25, 0.3) is 16.6 Å². The van der Waals surface area contributed by atoms with E-state index in [0.29, 0.717) is 0 Å². The van der Waals surface area contributed by atoms with Gasteiger partial charge in [-0.3, -0.25) is 4.98 Å². The molecule has 3 aromatic rings. The molecule has 0 saturated carbocycles. The third kappa shape index (κ3) is 1.72. The number of pyridine rings is 1. The minimum Gasteiger partial charge on any atom is -0.316 e. The largest absolute Gasteiger partial charge is 0.316 e. The lowest BCUT2D eigenvalue weighted by Crippen LogP contribution is -1.95. The van der Waals surface area contributed by atoms with Gasteiger partial charge in [-0.05, 0) is 43.5 Å². The van der Waals surface area contributed by atoms with E-state index in [-0.39, 0.29) is 0 Å². The standard InChI is InChI=1S/C15H14N2/c1-11-9-14(10-12(2)16-11)17-8-7-13-5-3-4-6-15(13)17/h3-10H,1-2H3. The molecule has 1 aromatic carbocycles. The zero-order valence-corrected chi connectivity index (χ0v) is 10.0. The van der Waals surface area contributed by atoms with Crippen LogP contribution in [0.2, 0.25) is 0 Å². The van der Waals surface area contributed by atoms with Gasteiger partial charge in [0.2, 0.25) is 0 Å². The van der Waals surface area contributed by atoms with Crippen LogP contribution in [0.15, 0.2) is 48.7 Å². The second-order valence-corrected chi connectivity index (χ2v) is 4.35. The summed E-state index contributed by atoms with van der Waals surface area (Å²) in [4.78, 5) is 4.41. The SMILES string of the molecule is Cc1cc(-n2ccc3ccccc32)cc(C)n1. The Morgan fingerprint density at radius 2 is 1.65 bits per heavy atom. The van der Waals surface area contributed by atoms with Gasteiger partial charge in [0, 0.05) is 23.3 Å². The summed E-state index contributed by atoms with van der Waals surface area (Å²) in [6.45, 7) is 4.06. The van der Waals surface area contributed by atoms with Gasteiger partial charge in [-0.2, -0.15) is 0 Å². The van der Waals surface area contributed by atoms with Crippen molar-refractivity contribution < 1.29 is 0 Å². The average Bonchev–Trinajstić information content (AvgIpc) is 2.71. The van der Waals surface area contributed by atoms with Crippen LogP contribution in [-0.2, 0) is 0 Å². The van der Waals surface area contributed by atoms with E-state index >= 15 is 0 Å². The molecule has 2 nitrogen and oxygen atoms in total. The van der Waals surface area contributed by atoms with E-state index in [0.717, 1.165) is 11.4 Å². The summed E-state index contributed by atoms with van der Waals surface area (Å²) in [5.41, 5.74) is 4.52. The Morgan fingerprint density at radius 1 is 0.941 bits per heavy atom. The molecule has 2 aromatic heterocycles. The molecule has 0 unspecified atom stereocenters. The smallest absolute Gasteiger partial charge is 0.0528 e. The third-order valence-corrected chi connectivity index (χ3v) is 2.94. The Bertz CT molecular complexity index is 660. The van der Waals surface area contributed by atoms with Crippen molar-refractivity contribution in [3.8, 4) is 5.69 Å². The van der Waals surface area contributed by atoms with Crippen molar-refractivity contribution in [2.45, 2.75) is 13.8 Å². The molecule has 0 aliphatic carbocycles. The molecular weight excluding hydrogens is 208 g/mol. The number of aromatic nitrogens is 2. The second-order valence-electron chi connectivity index (χ2n) is 4.35. The van der Waals surface area contributed by atoms with Crippen molar-refractivity contribution in [1.82, 2.24) is 9.55 Å². The molecule has 0 bridgehead atoms. The van der Waals surface area contributed by atoms with Crippen molar-refractivity contribution in [2.75, 3.05) is 0 Å². The molecule has 0 spiro atoms. The van der Waals surface area contributed by atoms with E-state index in [1.165, 1.54) is 16.6 Å². The number of hydrogen-bond acceptors (Lipinski definition) is 1. The van der Waals surface area contributed by atoms with Crippen molar-refractivity contribution in [3.05, 3.63) is 60.0 Å². The lowest BCUT2D eigenvalue weighted by molar-refractivity contribution is 1.05. The Hall–Kier alpha value is -2.09. The number of aryl methyl sites for hydroxylation is 2. The number of benzene rings is 1. The van der Waals surface area contributed by atoms with Gasteiger partial charge in [0.25, 0.3) is 0 Å². The molecule has 0 atom stereocenters. The predicted molar refractivity (Wildman–Crippen MR) is 70.5 cm³/mol. The zero-order valence-electron chi connectivity index (χ0n) is 10.0. The van der Waals surface area contributed by atoms with E-state index in [1.54, 1.807) is 0 Å². The number of rotatable bonds is 1. The molecule has 84 valence electrons. The highest BCUT2D eigenvalue weighted by molar-refractivity contribution is 5.81. The summed E-state index contributed by atoms with van der Waals surface area (Å²) < 4.78 is 2.21. The zero-order chi connectivity index (χ0) is 11.8. The molecule has 0 amide bonds. The Labute approximate surface area is 101 Å². The molecule has 17 heavy (non-hydrogen) atoms. The first-order valence-electron chi connectivity index (χ1n) is 5.76. The molecule has 0 N–H and O–H groups in total. The molecule has 0 fully saturated rings. The minimum absolute atomic E-state index is 1.05. The number of nitrogens with zero attached hydrogens (tertiary/aromatic N) is 2. The van der Waals surface area contributed by atoms with Gasteiger partial charge in [-0.15, -0.1) is 0 Å². The maximum atomic E-state index is 4.41. The molecule has 3 rings (SSSR count). The fourth-order valence-corrected chi connectivity index (χ4v) is 2.26. The molecule has 0 saturated heterocycles. The quantitative estimate of drug-likeness (QED) is 0.614. The summed E-state index contributed by atoms with van der Waals surface area (Å²) in [7, 11) is 0. The summed E-state index contributed by atoms with van der Waals surface area (Å²) in [5, 5.41) is 1.26. The minimum atomic E-state index is 1.05. The van der Waals surface area contributed by atoms with Crippen LogP contribution in [0, 0.1) is 13.8 Å². The number of para-hydroxylation sites is 1. The summed E-state index contributed by atoms with van der Waals surface area (Å²) in [6, 6.07) is 14.8. The molecule has 0 radical (unpaired) electrons. The highest BCUT2D eigenvalue weighted by atomic mass is 15.0. The van der Waals surface area contributed by atoms with Gasteiger partial charge < -0.3 is 4.57 Å². The van der Waals surface area contributed by atoms with E-state index in [4.69, 9.17) is 0 Å². The normalized spacial score (nSPS) is 10.9. The lowest BCUT2D eigenvalue weighted by atomic mass is 10.2. The first-order chi connectivity index (χ1) is 8.24. The average molecular weight is 222 g/mol. The Morgan fingerprint density at radius 3 is 2.41 bits per heavy atom. The van der Waals surface area contributed by atoms with Crippen LogP contribution in [0.5, 0.6) is 0 Å². The van der Waals surface area contributed by atoms with Crippen molar-refractivity contribution in [1.29, 1.82) is 0 Å². The highest BCUT2D eigenvalue weighted by Gasteiger charge is 2.03. The van der Waals surface area contributed by atoms with Crippen molar-refractivity contribution in [3.63, 3.8) is 0 Å². The maximum Gasteiger partial charge on any atom is 0.0528 e. The van der Waals surface area contributed by atoms with Crippen molar-refractivity contribution >= 4 is 10.9 Å². The summed E-state index contributed by atoms with van der Waals surface area (Å²) >= 11 is 0. The van der Waals surface area contributed by atoms with Crippen molar-refractivity contribution in [2.24, 2.45) is 0 Å². The Kier molecular flexibility index (Phi) is 2.22. The highest BCUT2D eigenvalue weighted by Crippen LogP contribution is 2.20. The van der Waals surface area contributed by atoms with Crippen LogP contribution in [0.3, 0.4) is 0 Å². The van der Waals surface area contributed by atoms with E-state index in [2.05, 4.69) is 58.2 Å². The van der Waals surface area contributed by atoms with Crippen LogP contribution in [0.1, 0.15) is 11.4 Å². The summed E-state index contributed by atoms with van der Waals surface area (Å²) in [5.74, 6) is 0. The van der Waals surface area contributed by atoms with Crippen LogP contribution < -0.4 is 0 Å². The third-order valence-electron chi connectivity index (χ3n) is 2.94. The van der Waals surface area contributed by atoms with Gasteiger partial charge >= 0.3 is 0 Å². The van der Waals surface area contributed by atoms with E-state index in [9.17, 15) is 0 Å². The predicted octanol–water partition coefficient (Wildman–Crippen LogP) is 3.64. The van der Waals surface area contributed by atoms with E-state index in [1.807, 2.05) is 13.8 Å². The fraction of sp³-hybridized carbons (Fsp3) is 0.133. The molecular formula is C15H14N2. The first kappa shape index (κ1) is 10.1. The fourth-order valence-electron chi connectivity index (χ4n) is 2.26. The van der Waals surface area contributed by atoms with Crippen LogP contribution in [0.4, 0.5) is 0 Å². The second kappa shape index (κ2) is 3.74. The number of hydrogen-bond donors (Lipinski definition) is 0. The topological polar surface area (TPSA) is 17.8 Å². The molecule has 0 aliphatic heterocycles. The molecule has 2 heteroatoms. The molecule has 2 heterocycles. The lowest BCUT2D eigenvalue weighted by Gasteiger charge is -2.07.